The van der Waals surface area contributed by atoms with Crippen molar-refractivity contribution in [1.29, 1.82) is 0 Å². The molecule has 3 heterocycles. The largest absolute Gasteiger partial charge is 0.461 e. The number of benzene rings is 1. The van der Waals surface area contributed by atoms with Crippen molar-refractivity contribution >= 4 is 11.9 Å². The molecule has 0 bridgehead atoms. The fraction of sp³-hybridized carbons (Fsp3) is 0.273. The van der Waals surface area contributed by atoms with E-state index in [0.29, 0.717) is 25.1 Å². The van der Waals surface area contributed by atoms with Gasteiger partial charge in [-0.25, -0.2) is 9.48 Å². The Kier molecular flexibility index (Phi) is 5.12. The molecule has 29 heavy (non-hydrogen) atoms. The van der Waals surface area contributed by atoms with E-state index in [1.54, 1.807) is 41.0 Å². The third-order valence-corrected chi connectivity index (χ3v) is 5.00. The van der Waals surface area contributed by atoms with E-state index in [0.717, 1.165) is 22.5 Å². The maximum absolute atomic E-state index is 12.9. The van der Waals surface area contributed by atoms with Crippen molar-refractivity contribution in [1.82, 2.24) is 19.7 Å². The lowest BCUT2D eigenvalue weighted by atomic mass is 10.0. The molecule has 0 unspecified atom stereocenters. The van der Waals surface area contributed by atoms with Crippen LogP contribution in [0, 0.1) is 6.92 Å². The van der Waals surface area contributed by atoms with Gasteiger partial charge in [0, 0.05) is 30.9 Å². The quantitative estimate of drug-likeness (QED) is 0.640. The monoisotopic (exact) mass is 390 g/mol. The number of ether oxygens (including phenoxy) is 1. The van der Waals surface area contributed by atoms with E-state index < -0.39 is 5.97 Å². The summed E-state index contributed by atoms with van der Waals surface area (Å²) >= 11 is 0. The first-order valence-corrected chi connectivity index (χ1v) is 9.62. The zero-order valence-corrected chi connectivity index (χ0v) is 16.5. The van der Waals surface area contributed by atoms with Crippen molar-refractivity contribution in [2.75, 3.05) is 13.2 Å². The Morgan fingerprint density at radius 2 is 1.97 bits per heavy atom. The number of hydrogen-bond donors (Lipinski definition) is 0. The first kappa shape index (κ1) is 18.9. The second kappa shape index (κ2) is 7.87. The highest BCUT2D eigenvalue weighted by molar-refractivity contribution is 5.94. The van der Waals surface area contributed by atoms with Gasteiger partial charge in [-0.3, -0.25) is 9.78 Å². The number of fused-ring (bicyclic) bond motifs is 1. The number of hydrogen-bond acceptors (Lipinski definition) is 5. The summed E-state index contributed by atoms with van der Waals surface area (Å²) in [6.45, 7) is 4.90. The molecule has 1 aromatic carbocycles. The van der Waals surface area contributed by atoms with Gasteiger partial charge in [0.05, 0.1) is 30.1 Å². The molecule has 3 aromatic rings. The first-order valence-electron chi connectivity index (χ1n) is 9.62. The lowest BCUT2D eigenvalue weighted by Gasteiger charge is -2.27. The fourth-order valence-electron chi connectivity index (χ4n) is 3.53. The van der Waals surface area contributed by atoms with Crippen molar-refractivity contribution < 1.29 is 14.3 Å². The minimum atomic E-state index is -0.467. The molecule has 4 rings (SSSR count). The Bertz CT molecular complexity index is 1040. The molecule has 1 aliphatic heterocycles. The molecule has 0 saturated heterocycles. The summed E-state index contributed by atoms with van der Waals surface area (Å²) in [4.78, 5) is 31.2. The number of aryl methyl sites for hydroxylation is 1. The summed E-state index contributed by atoms with van der Waals surface area (Å²) in [7, 11) is 0. The highest BCUT2D eigenvalue weighted by Gasteiger charge is 2.31. The van der Waals surface area contributed by atoms with Gasteiger partial charge in [-0.05, 0) is 38.1 Å². The summed E-state index contributed by atoms with van der Waals surface area (Å²) in [5.74, 6) is -0.577. The van der Waals surface area contributed by atoms with Crippen molar-refractivity contribution in [2.24, 2.45) is 0 Å². The highest BCUT2D eigenvalue weighted by atomic mass is 16.5. The Labute approximate surface area is 168 Å². The molecule has 0 radical (unpaired) electrons. The van der Waals surface area contributed by atoms with Gasteiger partial charge in [0.1, 0.15) is 0 Å². The van der Waals surface area contributed by atoms with Crippen LogP contribution in [-0.4, -0.2) is 44.7 Å². The number of nitrogens with zero attached hydrogens (tertiary/aromatic N) is 4. The summed E-state index contributed by atoms with van der Waals surface area (Å²) in [5, 5.41) is 4.57. The van der Waals surface area contributed by atoms with Crippen molar-refractivity contribution in [2.45, 2.75) is 26.8 Å². The van der Waals surface area contributed by atoms with E-state index in [2.05, 4.69) is 10.1 Å². The summed E-state index contributed by atoms with van der Waals surface area (Å²) in [5.41, 5.74) is 4.51. The van der Waals surface area contributed by atoms with Crippen LogP contribution >= 0.6 is 0 Å². The molecule has 1 amide bonds. The van der Waals surface area contributed by atoms with Crippen LogP contribution in [0.5, 0.6) is 0 Å². The molecular weight excluding hydrogens is 368 g/mol. The molecule has 148 valence electrons. The second-order valence-electron chi connectivity index (χ2n) is 6.96. The number of carbonyl (C=O) groups excluding carboxylic acids is 2. The Hall–Kier alpha value is -3.48. The van der Waals surface area contributed by atoms with Gasteiger partial charge in [-0.2, -0.15) is 5.10 Å². The number of aromatic nitrogens is 3. The summed E-state index contributed by atoms with van der Waals surface area (Å²) < 4.78 is 7.01. The van der Waals surface area contributed by atoms with Crippen LogP contribution in [0.25, 0.3) is 5.69 Å². The van der Waals surface area contributed by atoms with Crippen LogP contribution in [-0.2, 0) is 17.7 Å². The van der Waals surface area contributed by atoms with Gasteiger partial charge >= 0.3 is 5.97 Å². The average Bonchev–Trinajstić information content (AvgIpc) is 3.13. The van der Waals surface area contributed by atoms with Crippen LogP contribution < -0.4 is 0 Å². The third kappa shape index (κ3) is 3.63. The minimum absolute atomic E-state index is 0.110. The molecule has 1 aliphatic rings. The molecule has 0 atom stereocenters. The van der Waals surface area contributed by atoms with Gasteiger partial charge in [-0.15, -0.1) is 0 Å². The van der Waals surface area contributed by atoms with Gasteiger partial charge in [0.25, 0.3) is 5.91 Å². The molecule has 0 N–H and O–H groups in total. The zero-order valence-electron chi connectivity index (χ0n) is 16.5. The number of esters is 1. The predicted molar refractivity (Wildman–Crippen MR) is 107 cm³/mol. The van der Waals surface area contributed by atoms with E-state index in [-0.39, 0.29) is 18.2 Å². The molecule has 0 spiro atoms. The average molecular weight is 390 g/mol. The Morgan fingerprint density at radius 1 is 1.17 bits per heavy atom. The van der Waals surface area contributed by atoms with Crippen LogP contribution in [0.1, 0.15) is 44.6 Å². The normalized spacial score (nSPS) is 13.1. The lowest BCUT2D eigenvalue weighted by molar-refractivity contribution is 0.0513. The maximum atomic E-state index is 12.9. The summed E-state index contributed by atoms with van der Waals surface area (Å²) in [6.07, 6.45) is 3.79. The van der Waals surface area contributed by atoms with Gasteiger partial charge in [-0.1, -0.05) is 17.7 Å². The molecule has 0 aliphatic carbocycles. The van der Waals surface area contributed by atoms with Crippen molar-refractivity contribution in [3.05, 3.63) is 76.9 Å². The van der Waals surface area contributed by atoms with Crippen LogP contribution in [0.2, 0.25) is 0 Å². The van der Waals surface area contributed by atoms with Gasteiger partial charge < -0.3 is 9.64 Å². The third-order valence-electron chi connectivity index (χ3n) is 5.00. The highest BCUT2D eigenvalue weighted by Crippen LogP contribution is 2.27. The first-order chi connectivity index (χ1) is 14.1. The van der Waals surface area contributed by atoms with E-state index in [4.69, 9.17) is 4.74 Å². The molecule has 2 aromatic heterocycles. The van der Waals surface area contributed by atoms with Crippen LogP contribution in [0.4, 0.5) is 0 Å². The maximum Gasteiger partial charge on any atom is 0.359 e. The molecule has 7 nitrogen and oxygen atoms in total. The number of carbonyl (C=O) groups is 2. The molecule has 0 saturated carbocycles. The van der Waals surface area contributed by atoms with E-state index in [9.17, 15) is 9.59 Å². The topological polar surface area (TPSA) is 77.3 Å². The molecule has 7 heteroatoms. The Morgan fingerprint density at radius 3 is 2.66 bits per heavy atom. The predicted octanol–water partition coefficient (Wildman–Crippen LogP) is 2.95. The smallest absolute Gasteiger partial charge is 0.359 e. The summed E-state index contributed by atoms with van der Waals surface area (Å²) in [6, 6.07) is 11.5. The molecular formula is C22H22N4O3. The molecule has 0 fully saturated rings. The number of amides is 1. The van der Waals surface area contributed by atoms with Gasteiger partial charge in [0.2, 0.25) is 0 Å². The van der Waals surface area contributed by atoms with E-state index >= 15 is 0 Å². The van der Waals surface area contributed by atoms with Crippen molar-refractivity contribution in [3.8, 4) is 5.69 Å². The lowest BCUT2D eigenvalue weighted by Crippen LogP contribution is -2.36. The van der Waals surface area contributed by atoms with E-state index in [1.807, 2.05) is 31.2 Å². The van der Waals surface area contributed by atoms with Gasteiger partial charge in [0.15, 0.2) is 5.69 Å². The van der Waals surface area contributed by atoms with Crippen LogP contribution in [0.3, 0.4) is 0 Å². The van der Waals surface area contributed by atoms with E-state index in [1.165, 1.54) is 0 Å². The minimum Gasteiger partial charge on any atom is -0.461 e. The number of pyridine rings is 1. The zero-order chi connectivity index (χ0) is 20.4. The standard InChI is InChI=1S/C22H22N4O3/c1-3-29-22(28)20-18-14-25(21(27)16-5-4-11-23-13-16)12-10-19(18)26(24-20)17-8-6-15(2)7-9-17/h4-9,11,13H,3,10,12,14H2,1-2H3. The van der Waals surface area contributed by atoms with Crippen molar-refractivity contribution in [3.63, 3.8) is 0 Å². The Balaban J connectivity index is 1.72. The number of rotatable bonds is 4. The SMILES string of the molecule is CCOC(=O)c1nn(-c2ccc(C)cc2)c2c1CN(C(=O)c1cccnc1)CC2. The van der Waals surface area contributed by atoms with Crippen LogP contribution in [0.15, 0.2) is 48.8 Å². The second-order valence-corrected chi connectivity index (χ2v) is 6.96. The fourth-order valence-corrected chi connectivity index (χ4v) is 3.53.